The maximum absolute atomic E-state index is 5.73. The summed E-state index contributed by atoms with van der Waals surface area (Å²) in [7, 11) is 1.65. The molecular formula is C13H13BrN2O. The third-order valence-corrected chi connectivity index (χ3v) is 3.03. The minimum atomic E-state index is 0.731. The normalized spacial score (nSPS) is 10.0. The van der Waals surface area contributed by atoms with Gasteiger partial charge in [-0.05, 0) is 46.3 Å². The molecule has 0 unspecified atom stereocenters. The molecule has 0 amide bonds. The number of hydrogen-bond acceptors (Lipinski definition) is 3. The first-order valence-corrected chi connectivity index (χ1v) is 5.94. The number of hydrogen-bond donors (Lipinski definition) is 2. The molecule has 0 aliphatic carbocycles. The summed E-state index contributed by atoms with van der Waals surface area (Å²) in [6, 6.07) is 13.4. The molecule has 0 heterocycles. The number of nitrogens with one attached hydrogen (secondary N) is 1. The lowest BCUT2D eigenvalue weighted by Crippen LogP contribution is -1.94. The first kappa shape index (κ1) is 11.8. The summed E-state index contributed by atoms with van der Waals surface area (Å²) in [5.41, 5.74) is 8.34. The molecule has 17 heavy (non-hydrogen) atoms. The van der Waals surface area contributed by atoms with Crippen molar-refractivity contribution in [1.29, 1.82) is 0 Å². The second-order valence-corrected chi connectivity index (χ2v) is 4.45. The maximum atomic E-state index is 5.73. The van der Waals surface area contributed by atoms with Gasteiger partial charge in [-0.25, -0.2) is 0 Å². The number of nitrogen functional groups attached to an aromatic ring is 1. The fourth-order valence-corrected chi connectivity index (χ4v) is 1.84. The van der Waals surface area contributed by atoms with Crippen molar-refractivity contribution in [2.75, 3.05) is 18.2 Å². The van der Waals surface area contributed by atoms with Gasteiger partial charge in [0.05, 0.1) is 12.8 Å². The van der Waals surface area contributed by atoms with Gasteiger partial charge in [0.2, 0.25) is 0 Å². The largest absolute Gasteiger partial charge is 0.497 e. The molecule has 0 atom stereocenters. The topological polar surface area (TPSA) is 47.3 Å². The highest BCUT2D eigenvalue weighted by Gasteiger charge is 2.02. The van der Waals surface area contributed by atoms with Crippen LogP contribution >= 0.6 is 15.9 Å². The lowest BCUT2D eigenvalue weighted by atomic mass is 10.2. The molecule has 3 N–H and O–H groups in total. The molecule has 0 bridgehead atoms. The van der Waals surface area contributed by atoms with Gasteiger partial charge in [0.1, 0.15) is 5.75 Å². The van der Waals surface area contributed by atoms with Crippen molar-refractivity contribution in [1.82, 2.24) is 0 Å². The van der Waals surface area contributed by atoms with Crippen LogP contribution in [-0.2, 0) is 0 Å². The highest BCUT2D eigenvalue weighted by atomic mass is 79.9. The predicted molar refractivity (Wildman–Crippen MR) is 74.8 cm³/mol. The molecule has 0 fully saturated rings. The van der Waals surface area contributed by atoms with Gasteiger partial charge in [0.25, 0.3) is 0 Å². The van der Waals surface area contributed by atoms with E-state index < -0.39 is 0 Å². The maximum Gasteiger partial charge on any atom is 0.121 e. The third kappa shape index (κ3) is 2.91. The van der Waals surface area contributed by atoms with Crippen LogP contribution in [0.4, 0.5) is 17.1 Å². The molecule has 0 aliphatic rings. The van der Waals surface area contributed by atoms with Gasteiger partial charge in [-0.3, -0.25) is 0 Å². The molecule has 0 spiro atoms. The Morgan fingerprint density at radius 2 is 2.00 bits per heavy atom. The monoisotopic (exact) mass is 292 g/mol. The third-order valence-electron chi connectivity index (χ3n) is 2.34. The summed E-state index contributed by atoms with van der Waals surface area (Å²) in [4.78, 5) is 0. The highest BCUT2D eigenvalue weighted by Crippen LogP contribution is 2.30. The van der Waals surface area contributed by atoms with E-state index in [2.05, 4.69) is 21.2 Å². The molecule has 0 aromatic heterocycles. The van der Waals surface area contributed by atoms with Gasteiger partial charge in [-0.2, -0.15) is 0 Å². The van der Waals surface area contributed by atoms with Crippen LogP contribution in [0.1, 0.15) is 0 Å². The van der Waals surface area contributed by atoms with Gasteiger partial charge >= 0.3 is 0 Å². The van der Waals surface area contributed by atoms with Crippen LogP contribution in [0, 0.1) is 0 Å². The molecule has 4 heteroatoms. The smallest absolute Gasteiger partial charge is 0.121 e. The van der Waals surface area contributed by atoms with E-state index in [1.807, 2.05) is 42.5 Å². The molecule has 0 radical (unpaired) electrons. The molecule has 2 aromatic rings. The Balaban J connectivity index is 2.29. The van der Waals surface area contributed by atoms with E-state index in [9.17, 15) is 0 Å². The van der Waals surface area contributed by atoms with Crippen molar-refractivity contribution >= 4 is 33.0 Å². The Morgan fingerprint density at radius 1 is 1.18 bits per heavy atom. The van der Waals surface area contributed by atoms with Gasteiger partial charge in [0.15, 0.2) is 0 Å². The predicted octanol–water partition coefficient (Wildman–Crippen LogP) is 3.78. The fourth-order valence-electron chi connectivity index (χ4n) is 1.50. The van der Waals surface area contributed by atoms with Crippen LogP contribution in [0.25, 0.3) is 0 Å². The Hall–Kier alpha value is -1.68. The van der Waals surface area contributed by atoms with Crippen LogP contribution < -0.4 is 15.8 Å². The van der Waals surface area contributed by atoms with Crippen LogP contribution in [-0.4, -0.2) is 7.11 Å². The Labute approximate surface area is 109 Å². The highest BCUT2D eigenvalue weighted by molar-refractivity contribution is 9.10. The molecule has 88 valence electrons. The van der Waals surface area contributed by atoms with Crippen molar-refractivity contribution in [2.24, 2.45) is 0 Å². The number of anilines is 3. The zero-order chi connectivity index (χ0) is 12.3. The van der Waals surface area contributed by atoms with E-state index in [0.717, 1.165) is 27.3 Å². The van der Waals surface area contributed by atoms with Crippen LogP contribution in [0.15, 0.2) is 46.9 Å². The summed E-state index contributed by atoms with van der Waals surface area (Å²) in [5.74, 6) is 0.805. The first-order chi connectivity index (χ1) is 8.19. The van der Waals surface area contributed by atoms with E-state index in [1.54, 1.807) is 7.11 Å². The fraction of sp³-hybridized carbons (Fsp3) is 0.0769. The number of methoxy groups -OCH3 is 1. The van der Waals surface area contributed by atoms with E-state index in [4.69, 9.17) is 10.5 Å². The van der Waals surface area contributed by atoms with Gasteiger partial charge in [0, 0.05) is 21.9 Å². The second-order valence-electron chi connectivity index (χ2n) is 3.60. The zero-order valence-electron chi connectivity index (χ0n) is 9.41. The number of ether oxygens (including phenoxy) is 1. The summed E-state index contributed by atoms with van der Waals surface area (Å²) in [6.45, 7) is 0. The summed E-state index contributed by atoms with van der Waals surface area (Å²) < 4.78 is 6.16. The summed E-state index contributed by atoms with van der Waals surface area (Å²) >= 11 is 3.49. The lowest BCUT2D eigenvalue weighted by Gasteiger charge is -2.10. The van der Waals surface area contributed by atoms with Gasteiger partial charge in [-0.15, -0.1) is 0 Å². The van der Waals surface area contributed by atoms with Crippen molar-refractivity contribution in [3.05, 3.63) is 46.9 Å². The standard InChI is InChI=1S/C13H13BrN2O/c1-17-11-5-6-12(14)13(8-11)16-10-4-2-3-9(15)7-10/h2-8,16H,15H2,1H3. The Kier molecular flexibility index (Phi) is 3.54. The molecule has 0 saturated heterocycles. The van der Waals surface area contributed by atoms with Gasteiger partial charge < -0.3 is 15.8 Å². The summed E-state index contributed by atoms with van der Waals surface area (Å²) in [5, 5.41) is 3.28. The van der Waals surface area contributed by atoms with Crippen molar-refractivity contribution in [3.8, 4) is 5.75 Å². The quantitative estimate of drug-likeness (QED) is 0.847. The Morgan fingerprint density at radius 3 is 2.71 bits per heavy atom. The first-order valence-electron chi connectivity index (χ1n) is 5.15. The van der Waals surface area contributed by atoms with Crippen LogP contribution in [0.5, 0.6) is 5.75 Å². The van der Waals surface area contributed by atoms with E-state index in [-0.39, 0.29) is 0 Å². The number of benzene rings is 2. The number of rotatable bonds is 3. The number of halogens is 1. The second kappa shape index (κ2) is 5.10. The summed E-state index contributed by atoms with van der Waals surface area (Å²) in [6.07, 6.45) is 0. The molecule has 2 rings (SSSR count). The molecule has 2 aromatic carbocycles. The van der Waals surface area contributed by atoms with Crippen LogP contribution in [0.2, 0.25) is 0 Å². The average Bonchev–Trinajstić information content (AvgIpc) is 2.32. The molecule has 3 nitrogen and oxygen atoms in total. The lowest BCUT2D eigenvalue weighted by molar-refractivity contribution is 0.415. The van der Waals surface area contributed by atoms with Crippen LogP contribution in [0.3, 0.4) is 0 Å². The molecule has 0 aliphatic heterocycles. The SMILES string of the molecule is COc1ccc(Br)c(Nc2cccc(N)c2)c1. The Bertz CT molecular complexity index is 529. The average molecular weight is 293 g/mol. The van der Waals surface area contributed by atoms with Crippen molar-refractivity contribution < 1.29 is 4.74 Å². The molecule has 0 saturated carbocycles. The van der Waals surface area contributed by atoms with E-state index >= 15 is 0 Å². The van der Waals surface area contributed by atoms with E-state index in [0.29, 0.717) is 0 Å². The van der Waals surface area contributed by atoms with Gasteiger partial charge in [-0.1, -0.05) is 6.07 Å². The minimum Gasteiger partial charge on any atom is -0.497 e. The van der Waals surface area contributed by atoms with Crippen molar-refractivity contribution in [2.45, 2.75) is 0 Å². The van der Waals surface area contributed by atoms with Crippen molar-refractivity contribution in [3.63, 3.8) is 0 Å². The zero-order valence-corrected chi connectivity index (χ0v) is 11.0. The minimum absolute atomic E-state index is 0.731. The van der Waals surface area contributed by atoms with E-state index in [1.165, 1.54) is 0 Å². The molecular weight excluding hydrogens is 280 g/mol. The number of nitrogens with two attached hydrogens (primary N) is 1.